The number of nitrogens with one attached hydrogen (secondary N) is 2. The van der Waals surface area contributed by atoms with Gasteiger partial charge in [-0.1, -0.05) is 0 Å². The summed E-state index contributed by atoms with van der Waals surface area (Å²) in [5, 5.41) is 5.88. The first kappa shape index (κ1) is 12.6. The molecule has 0 radical (unpaired) electrons. The monoisotopic (exact) mass is 271 g/mol. The Labute approximate surface area is 116 Å². The van der Waals surface area contributed by atoms with Crippen LogP contribution in [-0.2, 0) is 4.79 Å². The molecule has 0 saturated heterocycles. The number of carbonyl (C=O) groups is 1. The number of carbonyl (C=O) groups excluding carboxylic acids is 1. The Balaban J connectivity index is 1.63. The van der Waals surface area contributed by atoms with Crippen LogP contribution in [0.25, 0.3) is 0 Å². The van der Waals surface area contributed by atoms with Crippen molar-refractivity contribution in [2.24, 2.45) is 5.92 Å². The van der Waals surface area contributed by atoms with Crippen molar-refractivity contribution in [1.29, 1.82) is 0 Å². The maximum absolute atomic E-state index is 12.8. The smallest absolute Gasteiger partial charge is 0.227 e. The van der Waals surface area contributed by atoms with E-state index in [2.05, 4.69) is 15.6 Å². The Morgan fingerprint density at radius 3 is 2.40 bits per heavy atom. The molecule has 1 amide bonds. The molecule has 1 fully saturated rings. The molecule has 0 bridgehead atoms. The van der Waals surface area contributed by atoms with E-state index in [1.54, 1.807) is 30.5 Å². The van der Waals surface area contributed by atoms with Gasteiger partial charge in [-0.2, -0.15) is 0 Å². The van der Waals surface area contributed by atoms with Gasteiger partial charge in [0.25, 0.3) is 0 Å². The molecule has 1 aromatic heterocycles. The van der Waals surface area contributed by atoms with Gasteiger partial charge >= 0.3 is 0 Å². The van der Waals surface area contributed by atoms with Crippen molar-refractivity contribution < 1.29 is 9.18 Å². The van der Waals surface area contributed by atoms with Gasteiger partial charge in [0.15, 0.2) is 0 Å². The molecule has 0 unspecified atom stereocenters. The number of anilines is 3. The van der Waals surface area contributed by atoms with E-state index in [0.717, 1.165) is 18.5 Å². The van der Waals surface area contributed by atoms with Crippen LogP contribution in [0.15, 0.2) is 42.6 Å². The van der Waals surface area contributed by atoms with Gasteiger partial charge in [0.1, 0.15) is 11.6 Å². The zero-order valence-corrected chi connectivity index (χ0v) is 10.8. The highest BCUT2D eigenvalue weighted by atomic mass is 19.1. The molecule has 0 aliphatic heterocycles. The third-order valence-electron chi connectivity index (χ3n) is 3.10. The fourth-order valence-electron chi connectivity index (χ4n) is 1.81. The minimum Gasteiger partial charge on any atom is -0.340 e. The third-order valence-corrected chi connectivity index (χ3v) is 3.10. The van der Waals surface area contributed by atoms with E-state index in [0.29, 0.717) is 11.5 Å². The van der Waals surface area contributed by atoms with Crippen molar-refractivity contribution in [2.45, 2.75) is 12.8 Å². The zero-order chi connectivity index (χ0) is 13.9. The number of aromatic nitrogens is 1. The number of pyridine rings is 1. The molecule has 0 atom stereocenters. The quantitative estimate of drug-likeness (QED) is 0.897. The molecule has 5 heteroatoms. The number of halogens is 1. The lowest BCUT2D eigenvalue weighted by Gasteiger charge is -2.07. The molecule has 2 N–H and O–H groups in total. The van der Waals surface area contributed by atoms with Crippen LogP contribution < -0.4 is 10.6 Å². The second-order valence-electron chi connectivity index (χ2n) is 4.83. The van der Waals surface area contributed by atoms with Crippen molar-refractivity contribution in [3.63, 3.8) is 0 Å². The van der Waals surface area contributed by atoms with Crippen molar-refractivity contribution in [3.05, 3.63) is 48.4 Å². The second kappa shape index (κ2) is 5.28. The number of nitrogens with zero attached hydrogens (tertiary/aromatic N) is 1. The first-order chi connectivity index (χ1) is 9.70. The number of benzene rings is 1. The summed E-state index contributed by atoms with van der Waals surface area (Å²) < 4.78 is 12.8. The van der Waals surface area contributed by atoms with E-state index in [4.69, 9.17) is 0 Å². The molecule has 1 aliphatic rings. The third kappa shape index (κ3) is 3.12. The normalized spacial score (nSPS) is 13.8. The molecule has 4 nitrogen and oxygen atoms in total. The molecular weight excluding hydrogens is 257 g/mol. The Hall–Kier alpha value is -2.43. The molecule has 1 aromatic carbocycles. The van der Waals surface area contributed by atoms with Gasteiger partial charge in [0.2, 0.25) is 5.91 Å². The van der Waals surface area contributed by atoms with Crippen molar-refractivity contribution in [1.82, 2.24) is 4.98 Å². The molecule has 20 heavy (non-hydrogen) atoms. The van der Waals surface area contributed by atoms with Crippen molar-refractivity contribution >= 4 is 23.1 Å². The van der Waals surface area contributed by atoms with Gasteiger partial charge in [-0.05, 0) is 49.2 Å². The maximum atomic E-state index is 12.8. The minimum atomic E-state index is -0.276. The molecule has 0 spiro atoms. The summed E-state index contributed by atoms with van der Waals surface area (Å²) in [5.41, 5.74) is 1.44. The lowest BCUT2D eigenvalue weighted by Crippen LogP contribution is -2.13. The van der Waals surface area contributed by atoms with Gasteiger partial charge in [-0.3, -0.25) is 4.79 Å². The Kier molecular flexibility index (Phi) is 3.33. The van der Waals surface area contributed by atoms with Crippen LogP contribution in [0.1, 0.15) is 12.8 Å². The molecular formula is C15H14FN3O. The summed E-state index contributed by atoms with van der Waals surface area (Å²) >= 11 is 0. The highest BCUT2D eigenvalue weighted by Crippen LogP contribution is 2.30. The predicted molar refractivity (Wildman–Crippen MR) is 75.3 cm³/mol. The average Bonchev–Trinajstić information content (AvgIpc) is 3.28. The lowest BCUT2D eigenvalue weighted by atomic mass is 10.3. The average molecular weight is 271 g/mol. The molecule has 1 aliphatic carbocycles. The van der Waals surface area contributed by atoms with Gasteiger partial charge in [-0.25, -0.2) is 9.37 Å². The van der Waals surface area contributed by atoms with Gasteiger partial charge < -0.3 is 10.6 Å². The van der Waals surface area contributed by atoms with E-state index < -0.39 is 0 Å². The largest absolute Gasteiger partial charge is 0.340 e. The summed E-state index contributed by atoms with van der Waals surface area (Å²) in [5.74, 6) is 0.598. The topological polar surface area (TPSA) is 54.0 Å². The first-order valence-electron chi connectivity index (χ1n) is 6.50. The number of amides is 1. The standard InChI is InChI=1S/C15H14FN3O/c16-11-3-5-12(6-4-11)18-14-8-7-13(9-17-14)19-15(20)10-1-2-10/h3-10H,1-2H2,(H,17,18)(H,19,20). The summed E-state index contributed by atoms with van der Waals surface area (Å²) in [6, 6.07) is 9.60. The van der Waals surface area contributed by atoms with Crippen LogP contribution in [0.3, 0.4) is 0 Å². The van der Waals surface area contributed by atoms with Crippen molar-refractivity contribution in [3.8, 4) is 0 Å². The van der Waals surface area contributed by atoms with Crippen LogP contribution in [0.5, 0.6) is 0 Å². The van der Waals surface area contributed by atoms with Gasteiger partial charge in [0, 0.05) is 11.6 Å². The van der Waals surface area contributed by atoms with E-state index in [1.807, 2.05) is 0 Å². The molecule has 2 aromatic rings. The van der Waals surface area contributed by atoms with Crippen LogP contribution >= 0.6 is 0 Å². The van der Waals surface area contributed by atoms with E-state index in [-0.39, 0.29) is 17.6 Å². The summed E-state index contributed by atoms with van der Waals surface area (Å²) in [6.45, 7) is 0. The van der Waals surface area contributed by atoms with Crippen LogP contribution in [-0.4, -0.2) is 10.9 Å². The van der Waals surface area contributed by atoms with Crippen LogP contribution in [0.2, 0.25) is 0 Å². The second-order valence-corrected chi connectivity index (χ2v) is 4.83. The number of rotatable bonds is 4. The molecule has 1 heterocycles. The minimum absolute atomic E-state index is 0.0612. The van der Waals surface area contributed by atoms with Crippen LogP contribution in [0.4, 0.5) is 21.6 Å². The van der Waals surface area contributed by atoms with E-state index in [1.165, 1.54) is 12.1 Å². The SMILES string of the molecule is O=C(Nc1ccc(Nc2ccc(F)cc2)nc1)C1CC1. The predicted octanol–water partition coefficient (Wildman–Crippen LogP) is 3.31. The Morgan fingerprint density at radius 2 is 1.80 bits per heavy atom. The number of hydrogen-bond acceptors (Lipinski definition) is 3. The van der Waals surface area contributed by atoms with Gasteiger partial charge in [0.05, 0.1) is 11.9 Å². The Bertz CT molecular complexity index is 606. The fraction of sp³-hybridized carbons (Fsp3) is 0.200. The Morgan fingerprint density at radius 1 is 1.10 bits per heavy atom. The first-order valence-corrected chi connectivity index (χ1v) is 6.50. The number of hydrogen-bond donors (Lipinski definition) is 2. The van der Waals surface area contributed by atoms with Crippen molar-refractivity contribution in [2.75, 3.05) is 10.6 Å². The lowest BCUT2D eigenvalue weighted by molar-refractivity contribution is -0.117. The fourth-order valence-corrected chi connectivity index (χ4v) is 1.81. The maximum Gasteiger partial charge on any atom is 0.227 e. The highest BCUT2D eigenvalue weighted by Gasteiger charge is 2.29. The summed E-state index contributed by atoms with van der Waals surface area (Å²) in [6.07, 6.45) is 3.55. The molecule has 102 valence electrons. The summed E-state index contributed by atoms with van der Waals surface area (Å²) in [7, 11) is 0. The van der Waals surface area contributed by atoms with Gasteiger partial charge in [-0.15, -0.1) is 0 Å². The molecule has 3 rings (SSSR count). The van der Waals surface area contributed by atoms with E-state index >= 15 is 0 Å². The summed E-state index contributed by atoms with van der Waals surface area (Å²) in [4.78, 5) is 15.8. The van der Waals surface area contributed by atoms with Crippen LogP contribution in [0, 0.1) is 11.7 Å². The zero-order valence-electron chi connectivity index (χ0n) is 10.8. The highest BCUT2D eigenvalue weighted by molar-refractivity contribution is 5.93. The van der Waals surface area contributed by atoms with E-state index in [9.17, 15) is 9.18 Å². The molecule has 1 saturated carbocycles.